The molecule has 2 aromatic rings. The van der Waals surface area contributed by atoms with Crippen molar-refractivity contribution in [3.63, 3.8) is 0 Å². The van der Waals surface area contributed by atoms with E-state index in [1.165, 1.54) is 289 Å². The number of hydrogen-bond donors (Lipinski definition) is 0. The Morgan fingerprint density at radius 3 is 0.727 bits per heavy atom. The summed E-state index contributed by atoms with van der Waals surface area (Å²) in [6.07, 6.45) is 62.1. The quantitative estimate of drug-likeness (QED) is 0.0273. The molecular formula is C74H130N2Ni. The van der Waals surface area contributed by atoms with Crippen LogP contribution in [0.15, 0.2) is 47.5 Å². The Bertz CT molecular complexity index is 1610. The van der Waals surface area contributed by atoms with Gasteiger partial charge in [0, 0.05) is 22.3 Å². The zero-order valence-corrected chi connectivity index (χ0v) is 54.0. The molecule has 0 atom stereocenters. The van der Waals surface area contributed by atoms with Crippen molar-refractivity contribution in [2.45, 2.75) is 364 Å². The fraction of sp³-hybridized carbons (Fsp3) is 0.757. The molecule has 2 aromatic carbocycles. The minimum atomic E-state index is 0. The first-order valence-electron chi connectivity index (χ1n) is 34.1. The van der Waals surface area contributed by atoms with Crippen LogP contribution in [0.4, 0.5) is 0 Å². The third-order valence-corrected chi connectivity index (χ3v) is 16.1. The molecule has 0 bridgehead atoms. The van der Waals surface area contributed by atoms with Gasteiger partial charge in [0.1, 0.15) is 0 Å². The Labute approximate surface area is 493 Å². The van der Waals surface area contributed by atoms with E-state index in [-0.39, 0.29) is 16.5 Å². The van der Waals surface area contributed by atoms with E-state index < -0.39 is 0 Å². The van der Waals surface area contributed by atoms with Gasteiger partial charge in [-0.05, 0) is 124 Å². The summed E-state index contributed by atoms with van der Waals surface area (Å²) < 4.78 is 1.69. The summed E-state index contributed by atoms with van der Waals surface area (Å²) in [5.74, 6) is 0. The van der Waals surface area contributed by atoms with E-state index in [2.05, 4.69) is 106 Å². The summed E-state index contributed by atoms with van der Waals surface area (Å²) in [5.41, 5.74) is 26.0. The van der Waals surface area contributed by atoms with Crippen LogP contribution in [0.1, 0.15) is 371 Å². The van der Waals surface area contributed by atoms with Gasteiger partial charge < -0.3 is 19.4 Å². The van der Waals surface area contributed by atoms with Crippen LogP contribution in [0.3, 0.4) is 0 Å². The predicted octanol–water partition coefficient (Wildman–Crippen LogP) is 26.0. The maximum atomic E-state index is 12.7. The fourth-order valence-corrected chi connectivity index (χ4v) is 11.2. The molecule has 1 aliphatic heterocycles. The van der Waals surface area contributed by atoms with Gasteiger partial charge >= 0.3 is 16.5 Å². The van der Waals surface area contributed by atoms with Crippen LogP contribution in [0, 0.1) is 13.8 Å². The first-order valence-corrected chi connectivity index (χ1v) is 34.1. The van der Waals surface area contributed by atoms with Crippen molar-refractivity contribution in [3.8, 4) is 0 Å². The molecule has 0 N–H and O–H groups in total. The van der Waals surface area contributed by atoms with E-state index in [0.29, 0.717) is 0 Å². The van der Waals surface area contributed by atoms with Gasteiger partial charge in [-0.25, -0.2) is 4.70 Å². The zero-order chi connectivity index (χ0) is 55.5. The van der Waals surface area contributed by atoms with E-state index in [4.69, 9.17) is 0 Å². The van der Waals surface area contributed by atoms with Crippen LogP contribution < -0.4 is 0 Å². The van der Waals surface area contributed by atoms with Crippen LogP contribution >= 0.6 is 0 Å². The predicted molar refractivity (Wildman–Crippen MR) is 344 cm³/mol. The van der Waals surface area contributed by atoms with Gasteiger partial charge in [-0.1, -0.05) is 286 Å². The van der Waals surface area contributed by atoms with Gasteiger partial charge in [0.15, 0.2) is 0 Å². The molecule has 0 radical (unpaired) electrons. The average molecular weight is 1110 g/mol. The molecule has 0 aromatic heterocycles. The second kappa shape index (κ2) is 54.6. The van der Waals surface area contributed by atoms with Crippen LogP contribution in [0.5, 0.6) is 0 Å². The second-order valence-corrected chi connectivity index (χ2v) is 23.6. The molecule has 0 saturated heterocycles. The summed E-state index contributed by atoms with van der Waals surface area (Å²) in [6.45, 7) is 26.1. The van der Waals surface area contributed by atoms with E-state index in [1.807, 2.05) is 0 Å². The molecule has 77 heavy (non-hydrogen) atoms. The van der Waals surface area contributed by atoms with Gasteiger partial charge in [-0.3, -0.25) is 0 Å². The molecule has 446 valence electrons. The van der Waals surface area contributed by atoms with E-state index in [1.54, 1.807) is 4.70 Å². The van der Waals surface area contributed by atoms with Crippen LogP contribution in [0.25, 0.3) is 16.9 Å². The molecule has 0 aliphatic carbocycles. The Hall–Kier alpha value is -1.99. The molecule has 0 saturated carbocycles. The van der Waals surface area contributed by atoms with Crippen molar-refractivity contribution in [2.24, 2.45) is 0 Å². The van der Waals surface area contributed by atoms with Crippen molar-refractivity contribution in [1.82, 2.24) is 0 Å². The molecule has 2 nitrogen and oxygen atoms in total. The summed E-state index contributed by atoms with van der Waals surface area (Å²) >= 11 is 0. The van der Waals surface area contributed by atoms with E-state index in [9.17, 15) is 5.53 Å². The molecule has 0 amide bonds. The Morgan fingerprint density at radius 1 is 0.273 bits per heavy atom. The third-order valence-electron chi connectivity index (χ3n) is 16.1. The van der Waals surface area contributed by atoms with Crippen LogP contribution in [0.2, 0.25) is 0 Å². The number of rotatable bonds is 48. The maximum absolute atomic E-state index is 12.7. The van der Waals surface area contributed by atoms with Gasteiger partial charge in [-0.2, -0.15) is 12.8 Å². The summed E-state index contributed by atoms with van der Waals surface area (Å²) in [6, 6.07) is 14.8. The standard InChI is InChI=1S/C50H80N2.2C12H25.Ni/c1-7-13-19-24-29-41-35-42(30-25-20-14-8-2)38-45(37-41)49-47(33-18-12-6)48(34-28-23-17-11-5)50(52(49)51)46-39-43(31-26-21-15-9-3)36-44(40-46)32-27-22-16-10-4;2*1-3-5-7-9-11-12-10-8-6-4-2;/h35-40H,7-34H2,1-6H3;2*1,3-12H2,2H3;/q;2*-1;+2. The van der Waals surface area contributed by atoms with Gasteiger partial charge in [-0.15, -0.1) is 0 Å². The second-order valence-electron chi connectivity index (χ2n) is 23.6. The number of benzene rings is 2. The molecule has 3 rings (SSSR count). The average Bonchev–Trinajstić information content (AvgIpc) is 3.71. The molecule has 1 heterocycles. The summed E-state index contributed by atoms with van der Waals surface area (Å²) in [4.78, 5) is 0. The monoisotopic (exact) mass is 1100 g/mol. The van der Waals surface area contributed by atoms with Crippen molar-refractivity contribution >= 4 is 11.4 Å². The van der Waals surface area contributed by atoms with Gasteiger partial charge in [0.25, 0.3) is 0 Å². The molecular weight excluding hydrogens is 976 g/mol. The number of nitrogens with zero attached hydrogens (tertiary/aromatic N) is 2. The van der Waals surface area contributed by atoms with Crippen molar-refractivity contribution < 1.29 is 21.2 Å². The van der Waals surface area contributed by atoms with Crippen molar-refractivity contribution in [3.05, 3.63) is 100 Å². The van der Waals surface area contributed by atoms with Crippen LogP contribution in [-0.2, 0) is 42.2 Å². The smallest absolute Gasteiger partial charge is 0.493 e. The molecule has 0 fully saturated rings. The minimum Gasteiger partial charge on any atom is -0.493 e. The first kappa shape index (κ1) is 75.0. The topological polar surface area (TPSA) is 25.3 Å². The van der Waals surface area contributed by atoms with Crippen molar-refractivity contribution in [1.29, 1.82) is 0 Å². The minimum absolute atomic E-state index is 0. The van der Waals surface area contributed by atoms with Gasteiger partial charge in [0.05, 0.1) is 0 Å². The third kappa shape index (κ3) is 36.9. The number of unbranched alkanes of at least 4 members (excludes halogenated alkanes) is 34. The maximum Gasteiger partial charge on any atom is 2.00 e. The Morgan fingerprint density at radius 2 is 0.481 bits per heavy atom. The Kier molecular flexibility index (Phi) is 53.2. The van der Waals surface area contributed by atoms with E-state index >= 15 is 0 Å². The first-order chi connectivity index (χ1) is 37.3. The van der Waals surface area contributed by atoms with Crippen LogP contribution in [-0.4, -0.2) is 4.70 Å². The molecule has 0 unspecified atom stereocenters. The number of allylic oxidation sites excluding steroid dienone is 2. The molecule has 1 aliphatic rings. The number of hydrogen-bond acceptors (Lipinski definition) is 0. The fourth-order valence-electron chi connectivity index (χ4n) is 11.2. The largest absolute Gasteiger partial charge is 2.00 e. The SMILES string of the molecule is CCCCCCC1=C(c2cc(CCCCCC)cc(CCCCCC)c2)[N+](=[N-])C(c2cc(CCCCCC)cc(CCCCCC)c2)=C1CCCC.[CH2-]CCCCCCCCCCC.[CH2-]CCCCCCCCCCC.[Ni+2]. The van der Waals surface area contributed by atoms with E-state index in [0.717, 1.165) is 75.6 Å². The van der Waals surface area contributed by atoms with Gasteiger partial charge in [0.2, 0.25) is 11.4 Å². The van der Waals surface area contributed by atoms with Crippen molar-refractivity contribution in [2.75, 3.05) is 0 Å². The zero-order valence-electron chi connectivity index (χ0n) is 53.0. The summed E-state index contributed by atoms with van der Waals surface area (Å²) in [5, 5.41) is 0. The summed E-state index contributed by atoms with van der Waals surface area (Å²) in [7, 11) is 0. The Balaban J connectivity index is 0.00000190. The molecule has 3 heteroatoms. The number of aryl methyl sites for hydroxylation is 4. The normalized spacial score (nSPS) is 12.3. The molecule has 0 spiro atoms.